The molecular weight excluding hydrogens is 592 g/mol. The zero-order valence-electron chi connectivity index (χ0n) is 24.3. The van der Waals surface area contributed by atoms with Gasteiger partial charge in [0.05, 0.1) is 21.7 Å². The Labute approximate surface area is 255 Å². The van der Waals surface area contributed by atoms with Crippen molar-refractivity contribution in [3.63, 3.8) is 0 Å². The number of nitrogens with one attached hydrogen (secondary N) is 1. The predicted molar refractivity (Wildman–Crippen MR) is 164 cm³/mol. The van der Waals surface area contributed by atoms with Gasteiger partial charge in [-0.1, -0.05) is 43.6 Å². The van der Waals surface area contributed by atoms with E-state index in [-0.39, 0.29) is 27.8 Å². The highest BCUT2D eigenvalue weighted by Gasteiger charge is 2.29. The number of hydrogen-bond acceptors (Lipinski definition) is 6. The third-order valence-corrected chi connectivity index (χ3v) is 8.74. The lowest BCUT2D eigenvalue weighted by Gasteiger charge is -2.31. The van der Waals surface area contributed by atoms with Crippen molar-refractivity contribution in [1.29, 1.82) is 0 Å². The van der Waals surface area contributed by atoms with E-state index in [0.717, 1.165) is 22.8 Å². The first-order chi connectivity index (χ1) is 20.4. The van der Waals surface area contributed by atoms with Gasteiger partial charge >= 0.3 is 5.97 Å². The van der Waals surface area contributed by atoms with Crippen molar-refractivity contribution in [3.05, 3.63) is 99.3 Å². The smallest absolute Gasteiger partial charge is 0.326 e. The van der Waals surface area contributed by atoms with E-state index in [1.54, 1.807) is 42.4 Å². The number of sulfone groups is 1. The molecule has 0 saturated carbocycles. The Hall–Kier alpha value is -4.15. The molecule has 0 saturated heterocycles. The molecule has 226 valence electrons. The number of hydrogen-bond donors (Lipinski definition) is 2. The lowest BCUT2D eigenvalue weighted by molar-refractivity contribution is -0.139. The van der Waals surface area contributed by atoms with Crippen LogP contribution in [0.25, 0.3) is 11.0 Å². The average molecular weight is 625 g/mol. The number of rotatable bonds is 7. The van der Waals surface area contributed by atoms with Crippen LogP contribution in [-0.4, -0.2) is 55.1 Å². The van der Waals surface area contributed by atoms with Crippen LogP contribution in [0.15, 0.2) is 70.2 Å². The minimum atomic E-state index is -3.48. The van der Waals surface area contributed by atoms with Gasteiger partial charge in [0.25, 0.3) is 11.8 Å². The fourth-order valence-electron chi connectivity index (χ4n) is 5.20. The molecule has 2 amide bonds. The highest BCUT2D eigenvalue weighted by atomic mass is 35.5. The molecule has 1 unspecified atom stereocenters. The van der Waals surface area contributed by atoms with Gasteiger partial charge in [-0.2, -0.15) is 0 Å². The van der Waals surface area contributed by atoms with Crippen LogP contribution in [0.1, 0.15) is 56.8 Å². The number of halogens is 1. The van der Waals surface area contributed by atoms with Gasteiger partial charge in [-0.25, -0.2) is 13.2 Å². The van der Waals surface area contributed by atoms with E-state index >= 15 is 0 Å². The zero-order chi connectivity index (χ0) is 31.5. The van der Waals surface area contributed by atoms with E-state index < -0.39 is 27.8 Å². The molecule has 0 bridgehead atoms. The Balaban J connectivity index is 0.00000207. The van der Waals surface area contributed by atoms with Crippen molar-refractivity contribution < 1.29 is 32.3 Å². The van der Waals surface area contributed by atoms with E-state index in [1.165, 1.54) is 18.2 Å². The number of carbonyl (C=O) groups is 3. The molecule has 0 spiro atoms. The highest BCUT2D eigenvalue weighted by molar-refractivity contribution is 7.90. The lowest BCUT2D eigenvalue weighted by atomic mass is 9.90. The Morgan fingerprint density at radius 3 is 2.53 bits per heavy atom. The molecule has 1 aromatic heterocycles. The molecule has 11 heteroatoms. The van der Waals surface area contributed by atoms with E-state index in [0.29, 0.717) is 41.8 Å². The van der Waals surface area contributed by atoms with Crippen LogP contribution in [0, 0.1) is 6.92 Å². The van der Waals surface area contributed by atoms with E-state index in [2.05, 4.69) is 5.32 Å². The molecular formula is C32H33ClN2O7S. The van der Waals surface area contributed by atoms with Crippen LogP contribution in [0.4, 0.5) is 0 Å². The van der Waals surface area contributed by atoms with Crippen LogP contribution in [0.2, 0.25) is 5.02 Å². The number of carboxylic acid groups (broad SMARTS) is 1. The SMILES string of the molecule is CC.Cc1c2c(cc(Cl)c1C(=O)NC(Cc1cccc(S(C)(=O)=O)c1)C(=O)O)CN(C(=O)c1ccc3ccoc3c1)CC2. The van der Waals surface area contributed by atoms with Gasteiger partial charge < -0.3 is 19.7 Å². The quantitative estimate of drug-likeness (QED) is 0.279. The number of carbonyl (C=O) groups excluding carboxylic acids is 2. The molecule has 0 radical (unpaired) electrons. The largest absolute Gasteiger partial charge is 0.480 e. The molecule has 9 nitrogen and oxygen atoms in total. The van der Waals surface area contributed by atoms with Gasteiger partial charge in [-0.3, -0.25) is 9.59 Å². The number of benzene rings is 3. The summed E-state index contributed by atoms with van der Waals surface area (Å²) in [7, 11) is -3.48. The third kappa shape index (κ3) is 6.92. The van der Waals surface area contributed by atoms with Crippen molar-refractivity contribution in [2.45, 2.75) is 51.1 Å². The Bertz CT molecular complexity index is 1810. The predicted octanol–water partition coefficient (Wildman–Crippen LogP) is 5.45. The first-order valence-electron chi connectivity index (χ1n) is 13.8. The van der Waals surface area contributed by atoms with E-state index in [1.807, 2.05) is 26.0 Å². The fraction of sp³-hybridized carbons (Fsp3) is 0.281. The standard InChI is InChI=1S/C30H27ClN2O7S.C2H6/c1-17-23-8-10-33(29(35)20-7-6-19-9-11-40-26(19)15-20)16-21(23)14-24(31)27(17)28(34)32-25(30(36)37)13-18-4-3-5-22(12-18)41(2,38)39;1-2/h3-7,9,11-12,14-15,25H,8,10,13,16H2,1-2H3,(H,32,34)(H,36,37);1-2H3. The number of carboxylic acids is 1. The molecule has 1 aliphatic rings. The van der Waals surface area contributed by atoms with Crippen molar-refractivity contribution in [3.8, 4) is 0 Å². The summed E-state index contributed by atoms with van der Waals surface area (Å²) in [5.41, 5.74) is 4.08. The molecule has 1 atom stereocenters. The van der Waals surface area contributed by atoms with Crippen molar-refractivity contribution in [1.82, 2.24) is 10.2 Å². The van der Waals surface area contributed by atoms with Gasteiger partial charge in [0.1, 0.15) is 11.6 Å². The zero-order valence-corrected chi connectivity index (χ0v) is 25.9. The summed E-state index contributed by atoms with van der Waals surface area (Å²) >= 11 is 6.56. The van der Waals surface area contributed by atoms with Crippen molar-refractivity contribution in [2.75, 3.05) is 12.8 Å². The Morgan fingerprint density at radius 2 is 1.84 bits per heavy atom. The molecule has 43 heavy (non-hydrogen) atoms. The summed E-state index contributed by atoms with van der Waals surface area (Å²) < 4.78 is 29.2. The average Bonchev–Trinajstić information content (AvgIpc) is 3.45. The maximum absolute atomic E-state index is 13.3. The van der Waals surface area contributed by atoms with Crippen molar-refractivity contribution >= 4 is 50.2 Å². The number of fused-ring (bicyclic) bond motifs is 2. The monoisotopic (exact) mass is 624 g/mol. The fourth-order valence-corrected chi connectivity index (χ4v) is 6.25. The minimum Gasteiger partial charge on any atom is -0.480 e. The summed E-state index contributed by atoms with van der Waals surface area (Å²) in [6.45, 7) is 6.49. The summed E-state index contributed by atoms with van der Waals surface area (Å²) in [4.78, 5) is 40.3. The molecule has 0 fully saturated rings. The summed E-state index contributed by atoms with van der Waals surface area (Å²) in [5.74, 6) is -2.06. The van der Waals surface area contributed by atoms with Crippen LogP contribution in [-0.2, 0) is 34.0 Å². The normalized spacial score (nSPS) is 13.5. The molecule has 3 aromatic carbocycles. The van der Waals surface area contributed by atoms with Gasteiger partial charge in [-0.05, 0) is 72.0 Å². The Kier molecular flexibility index (Phi) is 9.62. The maximum Gasteiger partial charge on any atom is 0.326 e. The van der Waals surface area contributed by atoms with Crippen LogP contribution in [0.5, 0.6) is 0 Å². The van der Waals surface area contributed by atoms with Crippen LogP contribution in [0.3, 0.4) is 0 Å². The number of aliphatic carboxylic acids is 1. The van der Waals surface area contributed by atoms with E-state index in [9.17, 15) is 27.9 Å². The highest BCUT2D eigenvalue weighted by Crippen LogP contribution is 2.32. The summed E-state index contributed by atoms with van der Waals surface area (Å²) in [6, 6.07) is 13.4. The van der Waals surface area contributed by atoms with Crippen molar-refractivity contribution in [2.24, 2.45) is 0 Å². The molecule has 5 rings (SSSR count). The molecule has 2 heterocycles. The Morgan fingerprint density at radius 1 is 1.09 bits per heavy atom. The van der Waals surface area contributed by atoms with Crippen LogP contribution >= 0.6 is 11.6 Å². The second-order valence-corrected chi connectivity index (χ2v) is 12.6. The van der Waals surface area contributed by atoms with Gasteiger partial charge in [0, 0.05) is 36.7 Å². The lowest BCUT2D eigenvalue weighted by Crippen LogP contribution is -2.43. The van der Waals surface area contributed by atoms with Gasteiger partial charge in [-0.15, -0.1) is 0 Å². The van der Waals surface area contributed by atoms with Gasteiger partial charge in [0.15, 0.2) is 9.84 Å². The maximum atomic E-state index is 13.3. The minimum absolute atomic E-state index is 0.0630. The van der Waals surface area contributed by atoms with Crippen LogP contribution < -0.4 is 5.32 Å². The topological polar surface area (TPSA) is 134 Å². The number of furan rings is 1. The second kappa shape index (κ2) is 13.0. The summed E-state index contributed by atoms with van der Waals surface area (Å²) in [5, 5.41) is 13.4. The number of amides is 2. The first kappa shape index (κ1) is 31.8. The molecule has 2 N–H and O–H groups in total. The first-order valence-corrected chi connectivity index (χ1v) is 16.1. The van der Waals surface area contributed by atoms with E-state index in [4.69, 9.17) is 16.0 Å². The molecule has 4 aromatic rings. The molecule has 0 aliphatic carbocycles. The number of nitrogens with zero attached hydrogens (tertiary/aromatic N) is 1. The van der Waals surface area contributed by atoms with Gasteiger partial charge in [0.2, 0.25) is 0 Å². The second-order valence-electron chi connectivity index (χ2n) is 10.1. The molecule has 1 aliphatic heterocycles. The summed E-state index contributed by atoms with van der Waals surface area (Å²) in [6.07, 6.45) is 3.02. The third-order valence-electron chi connectivity index (χ3n) is 7.34.